The Hall–Kier alpha value is -2.67. The zero-order chi connectivity index (χ0) is 20.5. The minimum absolute atomic E-state index is 0.141. The van der Waals surface area contributed by atoms with Crippen molar-refractivity contribution in [2.75, 3.05) is 18.0 Å². The first kappa shape index (κ1) is 19.3. The third-order valence-electron chi connectivity index (χ3n) is 5.92. The lowest BCUT2D eigenvalue weighted by molar-refractivity contribution is 0.0630. The molecule has 1 aliphatic carbocycles. The molecule has 6 nitrogen and oxygen atoms in total. The summed E-state index contributed by atoms with van der Waals surface area (Å²) in [6.45, 7) is 1.83. The first-order chi connectivity index (χ1) is 14.7. The molecule has 3 heterocycles. The Morgan fingerprint density at radius 2 is 1.73 bits per heavy atom. The van der Waals surface area contributed by atoms with Gasteiger partial charge in [0.15, 0.2) is 12.2 Å². The first-order valence-electron chi connectivity index (χ1n) is 10.4. The molecule has 0 atom stereocenters. The van der Waals surface area contributed by atoms with Gasteiger partial charge in [0.2, 0.25) is 0 Å². The van der Waals surface area contributed by atoms with E-state index < -0.39 is 0 Å². The van der Waals surface area contributed by atoms with Crippen LogP contribution in [-0.4, -0.2) is 45.9 Å². The normalized spacial score (nSPS) is 17.2. The highest BCUT2D eigenvalue weighted by molar-refractivity contribution is 9.10. The summed E-state index contributed by atoms with van der Waals surface area (Å²) in [7, 11) is 0. The zero-order valence-corrected chi connectivity index (χ0v) is 18.2. The van der Waals surface area contributed by atoms with Gasteiger partial charge in [0.05, 0.1) is 6.20 Å². The summed E-state index contributed by atoms with van der Waals surface area (Å²) in [5.74, 6) is 1.85. The molecule has 5 rings (SSSR count). The highest BCUT2D eigenvalue weighted by Gasteiger charge is 2.39. The average molecular weight is 467 g/mol. The summed E-state index contributed by atoms with van der Waals surface area (Å²) in [5, 5.41) is 0. The molecule has 2 fully saturated rings. The van der Waals surface area contributed by atoms with Gasteiger partial charge >= 0.3 is 0 Å². The van der Waals surface area contributed by atoms with Crippen LogP contribution >= 0.6 is 15.9 Å². The van der Waals surface area contributed by atoms with E-state index in [1.54, 1.807) is 6.20 Å². The number of anilines is 1. The summed E-state index contributed by atoms with van der Waals surface area (Å²) in [6.07, 6.45) is 9.09. The predicted molar refractivity (Wildman–Crippen MR) is 118 cm³/mol. The van der Waals surface area contributed by atoms with Gasteiger partial charge in [-0.1, -0.05) is 12.1 Å². The van der Waals surface area contributed by atoms with E-state index in [1.807, 2.05) is 42.6 Å². The molecule has 1 aromatic carbocycles. The van der Waals surface area contributed by atoms with Gasteiger partial charge in [-0.05, 0) is 65.9 Å². The number of halogens is 1. The second kappa shape index (κ2) is 8.22. The van der Waals surface area contributed by atoms with Gasteiger partial charge in [-0.15, -0.1) is 0 Å². The Bertz CT molecular complexity index is 993. The van der Waals surface area contributed by atoms with E-state index >= 15 is 0 Å². The Morgan fingerprint density at radius 1 is 1.00 bits per heavy atom. The van der Waals surface area contributed by atoms with Crippen LogP contribution in [0.4, 0.5) is 5.82 Å². The topological polar surface area (TPSA) is 62.5 Å². The molecule has 0 N–H and O–H groups in total. The van der Waals surface area contributed by atoms with E-state index in [0.717, 1.165) is 60.2 Å². The molecule has 2 aromatic heterocycles. The van der Waals surface area contributed by atoms with Crippen molar-refractivity contribution in [3.63, 3.8) is 0 Å². The van der Waals surface area contributed by atoms with E-state index in [9.17, 15) is 4.79 Å². The number of carbonyl (C=O) groups is 1. The number of hydrogen-bond donors (Lipinski definition) is 0. The van der Waals surface area contributed by atoms with Crippen molar-refractivity contribution >= 4 is 27.7 Å². The molecular weight excluding hydrogens is 444 g/mol. The van der Waals surface area contributed by atoms with Gasteiger partial charge in [0.1, 0.15) is 5.82 Å². The number of carbonyl (C=O) groups excluding carboxylic acids is 1. The maximum atomic E-state index is 13.4. The molecular formula is C23H23BrN4O2. The summed E-state index contributed by atoms with van der Waals surface area (Å²) >= 11 is 3.44. The first-order valence-corrected chi connectivity index (χ1v) is 11.2. The van der Waals surface area contributed by atoms with E-state index in [-0.39, 0.29) is 11.9 Å². The number of benzene rings is 1. The van der Waals surface area contributed by atoms with Crippen LogP contribution in [-0.2, 0) is 0 Å². The SMILES string of the molecule is O=C(c1ccc(-c2cnco2)cc1)N(C1CC1)C1CCN(c2ccc(Br)cn2)CC1. The lowest BCUT2D eigenvalue weighted by atomic mass is 10.0. The third kappa shape index (κ3) is 3.99. The highest BCUT2D eigenvalue weighted by atomic mass is 79.9. The van der Waals surface area contributed by atoms with Crippen molar-refractivity contribution in [3.8, 4) is 11.3 Å². The van der Waals surface area contributed by atoms with Crippen molar-refractivity contribution in [2.45, 2.75) is 37.8 Å². The maximum absolute atomic E-state index is 13.4. The Labute approximate surface area is 184 Å². The minimum Gasteiger partial charge on any atom is -0.444 e. The third-order valence-corrected chi connectivity index (χ3v) is 6.39. The van der Waals surface area contributed by atoms with Crippen LogP contribution in [0.25, 0.3) is 11.3 Å². The van der Waals surface area contributed by atoms with Crippen molar-refractivity contribution < 1.29 is 9.21 Å². The van der Waals surface area contributed by atoms with E-state index in [0.29, 0.717) is 11.8 Å². The van der Waals surface area contributed by atoms with Crippen molar-refractivity contribution in [1.29, 1.82) is 0 Å². The van der Waals surface area contributed by atoms with Gasteiger partial charge in [0.25, 0.3) is 5.91 Å². The summed E-state index contributed by atoms with van der Waals surface area (Å²) in [4.78, 5) is 26.3. The molecule has 0 bridgehead atoms. The fourth-order valence-corrected chi connectivity index (χ4v) is 4.43. The quantitative estimate of drug-likeness (QED) is 0.541. The largest absolute Gasteiger partial charge is 0.444 e. The van der Waals surface area contributed by atoms with Crippen molar-refractivity contribution in [1.82, 2.24) is 14.9 Å². The summed E-state index contributed by atoms with van der Waals surface area (Å²) in [5.41, 5.74) is 1.67. The van der Waals surface area contributed by atoms with Crippen LogP contribution in [0.3, 0.4) is 0 Å². The number of nitrogens with zero attached hydrogens (tertiary/aromatic N) is 4. The smallest absolute Gasteiger partial charge is 0.254 e. The van der Waals surface area contributed by atoms with Gasteiger partial charge in [-0.3, -0.25) is 4.79 Å². The molecule has 0 spiro atoms. The maximum Gasteiger partial charge on any atom is 0.254 e. The lowest BCUT2D eigenvalue weighted by Crippen LogP contribution is -2.48. The number of hydrogen-bond acceptors (Lipinski definition) is 5. The van der Waals surface area contributed by atoms with Crippen LogP contribution in [0.1, 0.15) is 36.0 Å². The monoisotopic (exact) mass is 466 g/mol. The summed E-state index contributed by atoms with van der Waals surface area (Å²) in [6, 6.07) is 12.4. The van der Waals surface area contributed by atoms with Crippen molar-refractivity contribution in [2.24, 2.45) is 0 Å². The molecule has 7 heteroatoms. The van der Waals surface area contributed by atoms with Gasteiger partial charge in [-0.25, -0.2) is 9.97 Å². The molecule has 30 heavy (non-hydrogen) atoms. The Balaban J connectivity index is 1.28. The van der Waals surface area contributed by atoms with Gasteiger partial charge in [0, 0.05) is 47.0 Å². The number of piperidine rings is 1. The molecule has 1 aliphatic heterocycles. The van der Waals surface area contributed by atoms with E-state index in [2.05, 4.69) is 35.7 Å². The molecule has 0 unspecified atom stereocenters. The van der Waals surface area contributed by atoms with Crippen LogP contribution in [0.2, 0.25) is 0 Å². The minimum atomic E-state index is 0.141. The fourth-order valence-electron chi connectivity index (χ4n) is 4.20. The number of pyridine rings is 1. The highest BCUT2D eigenvalue weighted by Crippen LogP contribution is 2.34. The molecule has 3 aromatic rings. The Kier molecular flexibility index (Phi) is 5.29. The zero-order valence-electron chi connectivity index (χ0n) is 16.6. The van der Waals surface area contributed by atoms with Gasteiger partial charge < -0.3 is 14.2 Å². The molecule has 1 saturated heterocycles. The molecule has 1 amide bonds. The number of oxazole rings is 1. The molecule has 0 radical (unpaired) electrons. The van der Waals surface area contributed by atoms with Crippen LogP contribution in [0.15, 0.2) is 64.1 Å². The lowest BCUT2D eigenvalue weighted by Gasteiger charge is -2.39. The van der Waals surface area contributed by atoms with Crippen molar-refractivity contribution in [3.05, 3.63) is 65.2 Å². The standard InChI is InChI=1S/C23H23BrN4O2/c24-18-5-8-22(26-13-18)27-11-9-20(10-12-27)28(19-6-7-19)23(29)17-3-1-16(2-4-17)21-14-25-15-30-21/h1-5,8,13-15,19-20H,6-7,9-12H2. The second-order valence-corrected chi connectivity index (χ2v) is 8.86. The molecule has 1 saturated carbocycles. The van der Waals surface area contributed by atoms with Crippen LogP contribution in [0, 0.1) is 0 Å². The van der Waals surface area contributed by atoms with Crippen LogP contribution in [0.5, 0.6) is 0 Å². The van der Waals surface area contributed by atoms with E-state index in [1.165, 1.54) is 6.39 Å². The number of rotatable bonds is 5. The summed E-state index contributed by atoms with van der Waals surface area (Å²) < 4.78 is 6.33. The predicted octanol–water partition coefficient (Wildman–Crippen LogP) is 4.77. The van der Waals surface area contributed by atoms with Crippen LogP contribution < -0.4 is 4.90 Å². The number of aromatic nitrogens is 2. The average Bonchev–Trinajstić information content (AvgIpc) is 3.46. The number of amides is 1. The van der Waals surface area contributed by atoms with E-state index in [4.69, 9.17) is 4.42 Å². The second-order valence-electron chi connectivity index (χ2n) is 7.94. The Morgan fingerprint density at radius 3 is 2.33 bits per heavy atom. The molecule has 154 valence electrons. The van der Waals surface area contributed by atoms with Gasteiger partial charge in [-0.2, -0.15) is 0 Å². The fraction of sp³-hybridized carbons (Fsp3) is 0.348. The molecule has 2 aliphatic rings.